The van der Waals surface area contributed by atoms with E-state index < -0.39 is 5.97 Å². The predicted molar refractivity (Wildman–Crippen MR) is 136 cm³/mol. The molecule has 3 nitrogen and oxygen atoms in total. The minimum absolute atomic E-state index is 0.108. The number of carbonyl (C=O) groups excluding carboxylic acids is 2. The molecule has 0 N–H and O–H groups in total. The molecule has 0 aromatic rings. The van der Waals surface area contributed by atoms with Gasteiger partial charge in [0, 0.05) is 17.9 Å². The number of ether oxygens (including phenoxy) is 1. The SMILES string of the molecule is CC(=O)OC1=C(C)C2=CC=C3[C@@](C)(CC[C@@]4(C)[C@@H]5CC(C)(C)CC[C@]5(C)CC[C@]34C)C2=CC1=O. The fraction of sp³-hybridized carbons (Fsp3) is 0.677. The number of rotatable bonds is 1. The molecule has 0 amide bonds. The number of hydrogen-bond acceptors (Lipinski definition) is 3. The molecule has 0 aliphatic heterocycles. The Morgan fingerprint density at radius 1 is 0.941 bits per heavy atom. The lowest BCUT2D eigenvalue weighted by molar-refractivity contribution is -0.159. The maximum absolute atomic E-state index is 13.1. The van der Waals surface area contributed by atoms with Crippen LogP contribution in [0.25, 0.3) is 0 Å². The molecule has 5 aliphatic carbocycles. The third kappa shape index (κ3) is 3.00. The molecule has 0 bridgehead atoms. The highest BCUT2D eigenvalue weighted by Gasteiger charge is 2.66. The summed E-state index contributed by atoms with van der Waals surface area (Å²) >= 11 is 0. The molecule has 0 unspecified atom stereocenters. The van der Waals surface area contributed by atoms with Crippen molar-refractivity contribution in [2.24, 2.45) is 33.0 Å². The van der Waals surface area contributed by atoms with E-state index in [2.05, 4.69) is 53.7 Å². The van der Waals surface area contributed by atoms with Gasteiger partial charge in [-0.15, -0.1) is 0 Å². The van der Waals surface area contributed by atoms with Gasteiger partial charge in [-0.25, -0.2) is 0 Å². The number of carbonyl (C=O) groups is 2. The summed E-state index contributed by atoms with van der Waals surface area (Å²) in [6.45, 7) is 18.3. The summed E-state index contributed by atoms with van der Waals surface area (Å²) < 4.78 is 5.33. The molecule has 3 fully saturated rings. The van der Waals surface area contributed by atoms with E-state index in [9.17, 15) is 9.59 Å². The van der Waals surface area contributed by atoms with E-state index in [4.69, 9.17) is 4.74 Å². The standard InChI is InChI=1S/C31H42O3/c1-19-21-9-10-24-29(6,22(21)17-23(33)26(19)34-20(2)32)14-16-31(8)25-18-27(3,4)11-12-28(25,5)13-15-30(24,31)7/h9-10,17,25H,11-16,18H2,1-8H3/t25-,28-,29+,30-,31+/m1/s1. The summed E-state index contributed by atoms with van der Waals surface area (Å²) in [6, 6.07) is 0. The van der Waals surface area contributed by atoms with Crippen LogP contribution in [0.1, 0.15) is 100 Å². The smallest absolute Gasteiger partial charge is 0.308 e. The fourth-order valence-electron chi connectivity index (χ4n) is 8.88. The molecule has 0 aromatic carbocycles. The van der Waals surface area contributed by atoms with Crippen molar-refractivity contribution in [2.75, 3.05) is 0 Å². The Balaban J connectivity index is 1.63. The number of allylic oxidation sites excluding steroid dienone is 7. The minimum atomic E-state index is -0.444. The van der Waals surface area contributed by atoms with Gasteiger partial charge < -0.3 is 4.74 Å². The average molecular weight is 463 g/mol. The molecule has 0 radical (unpaired) electrons. The largest absolute Gasteiger partial charge is 0.422 e. The molecule has 0 spiro atoms. The van der Waals surface area contributed by atoms with Crippen LogP contribution in [0, 0.1) is 33.0 Å². The second-order valence-electron chi connectivity index (χ2n) is 13.8. The monoisotopic (exact) mass is 462 g/mol. The molecular weight excluding hydrogens is 420 g/mol. The van der Waals surface area contributed by atoms with Crippen LogP contribution in [0.15, 0.2) is 46.3 Å². The van der Waals surface area contributed by atoms with E-state index in [0.29, 0.717) is 10.8 Å². The predicted octanol–water partition coefficient (Wildman–Crippen LogP) is 7.64. The van der Waals surface area contributed by atoms with Gasteiger partial charge in [-0.3, -0.25) is 9.59 Å². The lowest BCUT2D eigenvalue weighted by Crippen LogP contribution is -2.61. The van der Waals surface area contributed by atoms with Gasteiger partial charge in [0.05, 0.1) is 0 Å². The van der Waals surface area contributed by atoms with Gasteiger partial charge in [-0.1, -0.05) is 59.3 Å². The van der Waals surface area contributed by atoms with E-state index in [1.807, 2.05) is 6.92 Å². The van der Waals surface area contributed by atoms with Crippen molar-refractivity contribution in [3.8, 4) is 0 Å². The zero-order valence-electron chi connectivity index (χ0n) is 22.5. The topological polar surface area (TPSA) is 43.4 Å². The van der Waals surface area contributed by atoms with E-state index in [0.717, 1.165) is 29.1 Å². The first-order chi connectivity index (χ1) is 15.7. The summed E-state index contributed by atoms with van der Waals surface area (Å²) in [4.78, 5) is 24.7. The highest BCUT2D eigenvalue weighted by atomic mass is 16.5. The first-order valence-electron chi connectivity index (χ1n) is 13.3. The van der Waals surface area contributed by atoms with Crippen molar-refractivity contribution in [2.45, 2.75) is 100 Å². The molecule has 5 aliphatic rings. The van der Waals surface area contributed by atoms with Crippen LogP contribution >= 0.6 is 0 Å². The third-order valence-electron chi connectivity index (χ3n) is 11.3. The lowest BCUT2D eigenvalue weighted by atomic mass is 9.34. The normalized spacial score (nSPS) is 42.9. The Hall–Kier alpha value is -1.90. The van der Waals surface area contributed by atoms with Gasteiger partial charge in [-0.05, 0) is 96.7 Å². The van der Waals surface area contributed by atoms with Crippen LogP contribution in [0.4, 0.5) is 0 Å². The molecule has 5 rings (SSSR count). The van der Waals surface area contributed by atoms with Crippen LogP contribution in [0.5, 0.6) is 0 Å². The summed E-state index contributed by atoms with van der Waals surface area (Å²) in [7, 11) is 0. The quantitative estimate of drug-likeness (QED) is 0.376. The Morgan fingerprint density at radius 3 is 2.29 bits per heavy atom. The highest BCUT2D eigenvalue weighted by Crippen LogP contribution is 2.75. The zero-order valence-corrected chi connectivity index (χ0v) is 22.5. The van der Waals surface area contributed by atoms with Gasteiger partial charge in [0.15, 0.2) is 5.76 Å². The molecule has 5 atom stereocenters. The Bertz CT molecular complexity index is 1110. The zero-order chi connectivity index (χ0) is 24.9. The summed E-state index contributed by atoms with van der Waals surface area (Å²) in [6.07, 6.45) is 15.1. The molecular formula is C31H42O3. The first kappa shape index (κ1) is 23.8. The molecule has 3 saturated carbocycles. The molecule has 0 heterocycles. The van der Waals surface area contributed by atoms with Crippen LogP contribution in [0.2, 0.25) is 0 Å². The summed E-state index contributed by atoms with van der Waals surface area (Å²) in [5, 5.41) is 0. The number of ketones is 1. The molecule has 184 valence electrons. The third-order valence-corrected chi connectivity index (χ3v) is 11.3. The average Bonchev–Trinajstić information content (AvgIpc) is 2.74. The maximum atomic E-state index is 13.1. The fourth-order valence-corrected chi connectivity index (χ4v) is 8.88. The number of hydrogen-bond donors (Lipinski definition) is 0. The van der Waals surface area contributed by atoms with E-state index in [1.54, 1.807) is 6.08 Å². The van der Waals surface area contributed by atoms with Crippen molar-refractivity contribution < 1.29 is 14.3 Å². The van der Waals surface area contributed by atoms with Crippen LogP contribution < -0.4 is 0 Å². The van der Waals surface area contributed by atoms with Gasteiger partial charge in [-0.2, -0.15) is 0 Å². The maximum Gasteiger partial charge on any atom is 0.308 e. The van der Waals surface area contributed by atoms with Crippen LogP contribution in [-0.2, 0) is 14.3 Å². The molecule has 3 heteroatoms. The van der Waals surface area contributed by atoms with Crippen molar-refractivity contribution >= 4 is 11.8 Å². The number of fused-ring (bicyclic) bond motifs is 7. The van der Waals surface area contributed by atoms with Crippen molar-refractivity contribution in [3.05, 3.63) is 46.3 Å². The van der Waals surface area contributed by atoms with E-state index in [-0.39, 0.29) is 27.8 Å². The Labute approximate surface area is 205 Å². The summed E-state index contributed by atoms with van der Waals surface area (Å²) in [5.41, 5.74) is 5.55. The van der Waals surface area contributed by atoms with Crippen molar-refractivity contribution in [3.63, 3.8) is 0 Å². The van der Waals surface area contributed by atoms with Crippen LogP contribution in [-0.4, -0.2) is 11.8 Å². The Morgan fingerprint density at radius 2 is 1.62 bits per heavy atom. The highest BCUT2D eigenvalue weighted by molar-refractivity contribution is 6.08. The minimum Gasteiger partial charge on any atom is -0.422 e. The van der Waals surface area contributed by atoms with Gasteiger partial charge in [0.1, 0.15) is 0 Å². The van der Waals surface area contributed by atoms with Crippen molar-refractivity contribution in [1.29, 1.82) is 0 Å². The van der Waals surface area contributed by atoms with Gasteiger partial charge in [0.25, 0.3) is 0 Å². The number of esters is 1. The van der Waals surface area contributed by atoms with Gasteiger partial charge in [0.2, 0.25) is 5.78 Å². The van der Waals surface area contributed by atoms with Crippen LogP contribution in [0.3, 0.4) is 0 Å². The van der Waals surface area contributed by atoms with E-state index >= 15 is 0 Å². The first-order valence-corrected chi connectivity index (χ1v) is 13.3. The van der Waals surface area contributed by atoms with Gasteiger partial charge >= 0.3 is 5.97 Å². The Kier molecular flexibility index (Phi) is 4.96. The van der Waals surface area contributed by atoms with Crippen molar-refractivity contribution in [1.82, 2.24) is 0 Å². The van der Waals surface area contributed by atoms with E-state index in [1.165, 1.54) is 51.0 Å². The lowest BCUT2D eigenvalue weighted by Gasteiger charge is -2.70. The second-order valence-corrected chi connectivity index (χ2v) is 13.8. The second kappa shape index (κ2) is 7.08. The summed E-state index contributed by atoms with van der Waals surface area (Å²) in [5.74, 6) is 0.288. The molecule has 34 heavy (non-hydrogen) atoms. The molecule has 0 saturated heterocycles. The molecule has 0 aromatic heterocycles.